The lowest BCUT2D eigenvalue weighted by atomic mass is 9.92. The van der Waals surface area contributed by atoms with Gasteiger partial charge in [-0.3, -0.25) is 4.98 Å². The van der Waals surface area contributed by atoms with Crippen molar-refractivity contribution in [2.45, 2.75) is 84.0 Å². The van der Waals surface area contributed by atoms with Gasteiger partial charge in [-0.15, -0.1) is 12.4 Å². The van der Waals surface area contributed by atoms with E-state index in [4.69, 9.17) is 4.98 Å². The van der Waals surface area contributed by atoms with Crippen molar-refractivity contribution in [2.24, 2.45) is 0 Å². The second-order valence-electron chi connectivity index (χ2n) is 7.54. The Morgan fingerprint density at radius 3 is 2.38 bits per heavy atom. The zero-order chi connectivity index (χ0) is 17.3. The molecule has 0 amide bonds. The molecule has 3 heteroatoms. The van der Waals surface area contributed by atoms with Gasteiger partial charge in [0.15, 0.2) is 0 Å². The van der Waals surface area contributed by atoms with Crippen molar-refractivity contribution in [2.75, 3.05) is 11.9 Å². The van der Waals surface area contributed by atoms with Gasteiger partial charge >= 0.3 is 0 Å². The zero-order valence-electron chi connectivity index (χ0n) is 16.4. The number of anilines is 1. The van der Waals surface area contributed by atoms with Gasteiger partial charge in [-0.1, -0.05) is 70.1 Å². The topological polar surface area (TPSA) is 24.9 Å². The van der Waals surface area contributed by atoms with Crippen LogP contribution in [0, 0.1) is 0 Å². The Kier molecular flexibility index (Phi) is 9.25. The largest absolute Gasteiger partial charge is 0.384 e. The second kappa shape index (κ2) is 11.4. The molecule has 1 heterocycles. The number of para-hydroxylation sites is 1. The number of nitrogens with zero attached hydrogens (tertiary/aromatic N) is 1. The number of hydrogen-bond acceptors (Lipinski definition) is 2. The standard InChI is InChI=1S/C23H34N2.ClH/c1-2-3-4-5-6-7-8-13-18-24-23-19-14-9-11-16-21(19)25-22-17-12-10-15-20(22)23;/h9,11,14,16H,2-8,10,12-13,15,17-18H2,1H3,(H,24,25);1H. The molecular weight excluding hydrogens is 340 g/mol. The molecule has 0 saturated carbocycles. The number of fused-ring (bicyclic) bond motifs is 2. The van der Waals surface area contributed by atoms with Gasteiger partial charge in [-0.2, -0.15) is 0 Å². The highest BCUT2D eigenvalue weighted by molar-refractivity contribution is 5.93. The van der Waals surface area contributed by atoms with E-state index in [-0.39, 0.29) is 12.4 Å². The third-order valence-electron chi connectivity index (χ3n) is 5.50. The van der Waals surface area contributed by atoms with Crippen molar-refractivity contribution < 1.29 is 0 Å². The summed E-state index contributed by atoms with van der Waals surface area (Å²) in [6.45, 7) is 3.38. The molecule has 1 N–H and O–H groups in total. The summed E-state index contributed by atoms with van der Waals surface area (Å²) in [6.07, 6.45) is 15.9. The Hall–Kier alpha value is -1.28. The summed E-state index contributed by atoms with van der Waals surface area (Å²) in [5, 5.41) is 5.10. The predicted octanol–water partition coefficient (Wildman–Crippen LogP) is 7.09. The van der Waals surface area contributed by atoms with Gasteiger partial charge < -0.3 is 5.32 Å². The fourth-order valence-corrected chi connectivity index (χ4v) is 4.05. The SMILES string of the molecule is CCCCCCCCCCNc1c2c(nc3ccccc13)CCCC2.Cl. The molecule has 1 aliphatic carbocycles. The average molecular weight is 375 g/mol. The number of rotatable bonds is 10. The molecule has 2 aromatic rings. The van der Waals surface area contributed by atoms with E-state index in [0.29, 0.717) is 0 Å². The normalized spacial score (nSPS) is 13.3. The van der Waals surface area contributed by atoms with Crippen LogP contribution in [0.5, 0.6) is 0 Å². The lowest BCUT2D eigenvalue weighted by molar-refractivity contribution is 0.581. The maximum Gasteiger partial charge on any atom is 0.0726 e. The molecule has 0 atom stereocenters. The van der Waals surface area contributed by atoms with Crippen molar-refractivity contribution >= 4 is 29.0 Å². The maximum absolute atomic E-state index is 4.93. The molecule has 0 bridgehead atoms. The molecule has 0 saturated heterocycles. The maximum atomic E-state index is 4.93. The van der Waals surface area contributed by atoms with E-state index in [1.807, 2.05) is 0 Å². The molecule has 1 aliphatic rings. The number of benzene rings is 1. The van der Waals surface area contributed by atoms with E-state index in [1.54, 1.807) is 0 Å². The number of halogens is 1. The molecule has 2 nitrogen and oxygen atoms in total. The minimum absolute atomic E-state index is 0. The van der Waals surface area contributed by atoms with Gasteiger partial charge in [0.05, 0.1) is 5.52 Å². The highest BCUT2D eigenvalue weighted by atomic mass is 35.5. The molecule has 3 rings (SSSR count). The van der Waals surface area contributed by atoms with Crippen molar-refractivity contribution in [3.63, 3.8) is 0 Å². The van der Waals surface area contributed by atoms with Crippen LogP contribution in [-0.4, -0.2) is 11.5 Å². The quantitative estimate of drug-likeness (QED) is 0.449. The molecule has 1 aromatic heterocycles. The number of hydrogen-bond donors (Lipinski definition) is 1. The highest BCUT2D eigenvalue weighted by Crippen LogP contribution is 2.33. The number of pyridine rings is 1. The molecule has 0 unspecified atom stereocenters. The van der Waals surface area contributed by atoms with Crippen LogP contribution in [0.3, 0.4) is 0 Å². The highest BCUT2D eigenvalue weighted by Gasteiger charge is 2.17. The van der Waals surface area contributed by atoms with E-state index in [9.17, 15) is 0 Å². The Balaban J connectivity index is 0.00000243. The Morgan fingerprint density at radius 2 is 1.58 bits per heavy atom. The number of aryl methyl sites for hydroxylation is 1. The lowest BCUT2D eigenvalue weighted by Crippen LogP contribution is -2.12. The van der Waals surface area contributed by atoms with Crippen LogP contribution >= 0.6 is 12.4 Å². The first-order valence-corrected chi connectivity index (χ1v) is 10.5. The molecule has 0 fully saturated rings. The van der Waals surface area contributed by atoms with E-state index in [2.05, 4.69) is 36.5 Å². The first-order chi connectivity index (χ1) is 12.4. The molecular formula is C23H35ClN2. The second-order valence-corrected chi connectivity index (χ2v) is 7.54. The third-order valence-corrected chi connectivity index (χ3v) is 5.50. The summed E-state index contributed by atoms with van der Waals surface area (Å²) in [5.41, 5.74) is 5.36. The minimum Gasteiger partial charge on any atom is -0.384 e. The Morgan fingerprint density at radius 1 is 0.885 bits per heavy atom. The fraction of sp³-hybridized carbons (Fsp3) is 0.609. The van der Waals surface area contributed by atoms with Gasteiger partial charge in [-0.25, -0.2) is 0 Å². The van der Waals surface area contributed by atoms with E-state index in [1.165, 1.54) is 93.0 Å². The lowest BCUT2D eigenvalue weighted by Gasteiger charge is -2.21. The van der Waals surface area contributed by atoms with Crippen LogP contribution in [0.25, 0.3) is 10.9 Å². The van der Waals surface area contributed by atoms with E-state index in [0.717, 1.165) is 18.5 Å². The smallest absolute Gasteiger partial charge is 0.0726 e. The van der Waals surface area contributed by atoms with Crippen molar-refractivity contribution in [3.05, 3.63) is 35.5 Å². The third kappa shape index (κ3) is 5.61. The van der Waals surface area contributed by atoms with E-state index < -0.39 is 0 Å². The molecule has 0 spiro atoms. The number of unbranched alkanes of at least 4 members (excludes halogenated alkanes) is 7. The van der Waals surface area contributed by atoms with Crippen LogP contribution in [0.15, 0.2) is 24.3 Å². The molecule has 1 aromatic carbocycles. The summed E-state index contributed by atoms with van der Waals surface area (Å²) < 4.78 is 0. The molecule has 26 heavy (non-hydrogen) atoms. The first-order valence-electron chi connectivity index (χ1n) is 10.5. The Labute approximate surface area is 165 Å². The number of aromatic nitrogens is 1. The summed E-state index contributed by atoms with van der Waals surface area (Å²) in [7, 11) is 0. The van der Waals surface area contributed by atoms with Gasteiger partial charge in [-0.05, 0) is 43.7 Å². The van der Waals surface area contributed by atoms with Crippen molar-refractivity contribution in [1.82, 2.24) is 4.98 Å². The average Bonchev–Trinajstić information content (AvgIpc) is 2.66. The minimum atomic E-state index is 0. The van der Waals surface area contributed by atoms with Crippen LogP contribution in [0.2, 0.25) is 0 Å². The van der Waals surface area contributed by atoms with Gasteiger partial charge in [0.2, 0.25) is 0 Å². The zero-order valence-corrected chi connectivity index (χ0v) is 17.2. The van der Waals surface area contributed by atoms with Gasteiger partial charge in [0, 0.05) is 23.3 Å². The number of nitrogens with one attached hydrogen (secondary N) is 1. The summed E-state index contributed by atoms with van der Waals surface area (Å²) in [6, 6.07) is 8.63. The summed E-state index contributed by atoms with van der Waals surface area (Å²) >= 11 is 0. The molecule has 0 aliphatic heterocycles. The van der Waals surface area contributed by atoms with Crippen LogP contribution in [0.4, 0.5) is 5.69 Å². The predicted molar refractivity (Wildman–Crippen MR) is 117 cm³/mol. The summed E-state index contributed by atoms with van der Waals surface area (Å²) in [4.78, 5) is 4.93. The van der Waals surface area contributed by atoms with Crippen molar-refractivity contribution in [3.8, 4) is 0 Å². The van der Waals surface area contributed by atoms with Crippen LogP contribution in [0.1, 0.15) is 82.4 Å². The monoisotopic (exact) mass is 374 g/mol. The summed E-state index contributed by atoms with van der Waals surface area (Å²) in [5.74, 6) is 0. The van der Waals surface area contributed by atoms with Gasteiger partial charge in [0.1, 0.15) is 0 Å². The van der Waals surface area contributed by atoms with Crippen molar-refractivity contribution in [1.29, 1.82) is 0 Å². The van der Waals surface area contributed by atoms with E-state index >= 15 is 0 Å². The van der Waals surface area contributed by atoms with Gasteiger partial charge in [0.25, 0.3) is 0 Å². The van der Waals surface area contributed by atoms with Crippen LogP contribution < -0.4 is 5.32 Å². The Bertz CT molecular complexity index is 669. The first kappa shape index (κ1) is 21.0. The van der Waals surface area contributed by atoms with Crippen LogP contribution in [-0.2, 0) is 12.8 Å². The molecule has 144 valence electrons. The molecule has 0 radical (unpaired) electrons. The fourth-order valence-electron chi connectivity index (χ4n) is 4.05.